The fourth-order valence-electron chi connectivity index (χ4n) is 2.91. The molecular formula is C17H15BrN2O4. The number of fused-ring (bicyclic) bond motifs is 1. The maximum absolute atomic E-state index is 12.2. The molecule has 24 heavy (non-hydrogen) atoms. The lowest BCUT2D eigenvalue weighted by atomic mass is 10.2. The highest BCUT2D eigenvalue weighted by Gasteiger charge is 2.27. The Balaban J connectivity index is 1.73. The highest BCUT2D eigenvalue weighted by atomic mass is 79.9. The van der Waals surface area contributed by atoms with Gasteiger partial charge in [0.15, 0.2) is 0 Å². The highest BCUT2D eigenvalue weighted by molar-refractivity contribution is 9.10. The summed E-state index contributed by atoms with van der Waals surface area (Å²) in [5.41, 5.74) is 0.807. The van der Waals surface area contributed by atoms with Crippen LogP contribution in [-0.2, 0) is 4.74 Å². The second-order valence-electron chi connectivity index (χ2n) is 5.78. The Morgan fingerprint density at radius 2 is 2.08 bits per heavy atom. The van der Waals surface area contributed by atoms with Gasteiger partial charge < -0.3 is 14.3 Å². The van der Waals surface area contributed by atoms with Gasteiger partial charge in [-0.1, -0.05) is 28.1 Å². The number of aromatic nitrogens is 2. The topological polar surface area (TPSA) is 77.5 Å². The maximum Gasteiger partial charge on any atom is 0.353 e. The summed E-state index contributed by atoms with van der Waals surface area (Å²) >= 11 is 3.40. The average molecular weight is 391 g/mol. The summed E-state index contributed by atoms with van der Waals surface area (Å²) in [6.07, 6.45) is 2.50. The lowest BCUT2D eigenvalue weighted by Crippen LogP contribution is -2.27. The smallest absolute Gasteiger partial charge is 0.353 e. The quantitative estimate of drug-likeness (QED) is 0.743. The van der Waals surface area contributed by atoms with E-state index in [1.54, 1.807) is 6.20 Å². The molecule has 0 radical (unpaired) electrons. The molecule has 0 amide bonds. The second kappa shape index (κ2) is 6.16. The number of ether oxygens (including phenoxy) is 1. The summed E-state index contributed by atoms with van der Waals surface area (Å²) in [6, 6.07) is 9.58. The van der Waals surface area contributed by atoms with Gasteiger partial charge in [-0.2, -0.15) is 4.98 Å². The third-order valence-electron chi connectivity index (χ3n) is 4.16. The van der Waals surface area contributed by atoms with Gasteiger partial charge in [-0.15, -0.1) is 0 Å². The summed E-state index contributed by atoms with van der Waals surface area (Å²) in [4.78, 5) is 16.3. The van der Waals surface area contributed by atoms with Crippen LogP contribution in [0.2, 0.25) is 0 Å². The van der Waals surface area contributed by atoms with E-state index in [4.69, 9.17) is 9.15 Å². The third kappa shape index (κ3) is 2.79. The van der Waals surface area contributed by atoms with Crippen LogP contribution in [-0.4, -0.2) is 27.4 Å². The molecule has 0 saturated carbocycles. The summed E-state index contributed by atoms with van der Waals surface area (Å²) in [6.45, 7) is -0.0413. The molecule has 0 aliphatic carbocycles. The summed E-state index contributed by atoms with van der Waals surface area (Å²) in [5, 5.41) is 9.91. The van der Waals surface area contributed by atoms with Crippen molar-refractivity contribution in [2.24, 2.45) is 0 Å². The van der Waals surface area contributed by atoms with E-state index in [-0.39, 0.29) is 12.7 Å². The molecule has 3 aromatic rings. The lowest BCUT2D eigenvalue weighted by molar-refractivity contribution is -0.0243. The molecule has 2 atom stereocenters. The van der Waals surface area contributed by atoms with Crippen LogP contribution in [0.1, 0.15) is 19.1 Å². The highest BCUT2D eigenvalue weighted by Crippen LogP contribution is 2.30. The van der Waals surface area contributed by atoms with Gasteiger partial charge in [0.25, 0.3) is 0 Å². The van der Waals surface area contributed by atoms with Gasteiger partial charge in [0.05, 0.1) is 18.1 Å². The van der Waals surface area contributed by atoms with Gasteiger partial charge in [-0.05, 0) is 31.0 Å². The van der Waals surface area contributed by atoms with Crippen LogP contribution in [0.3, 0.4) is 0 Å². The number of aliphatic hydroxyl groups excluding tert-OH is 1. The van der Waals surface area contributed by atoms with Crippen molar-refractivity contribution in [3.8, 4) is 11.3 Å². The zero-order chi connectivity index (χ0) is 16.7. The molecule has 1 aromatic carbocycles. The molecular weight excluding hydrogens is 376 g/mol. The van der Waals surface area contributed by atoms with Crippen molar-refractivity contribution >= 4 is 27.0 Å². The fourth-order valence-corrected chi connectivity index (χ4v) is 3.18. The molecule has 0 spiro atoms. The number of hydrogen-bond donors (Lipinski definition) is 1. The van der Waals surface area contributed by atoms with E-state index in [9.17, 15) is 9.90 Å². The van der Waals surface area contributed by atoms with Gasteiger partial charge in [0, 0.05) is 16.2 Å². The number of aliphatic hydroxyl groups is 1. The number of halogens is 1. The Labute approximate surface area is 145 Å². The van der Waals surface area contributed by atoms with Crippen molar-refractivity contribution in [1.82, 2.24) is 9.55 Å². The van der Waals surface area contributed by atoms with Crippen LogP contribution in [0, 0.1) is 0 Å². The Bertz CT molecular complexity index is 932. The Morgan fingerprint density at radius 3 is 2.79 bits per heavy atom. The molecule has 3 heterocycles. The minimum Gasteiger partial charge on any atom is -0.437 e. The molecule has 6 nitrogen and oxygen atoms in total. The zero-order valence-electron chi connectivity index (χ0n) is 12.7. The van der Waals surface area contributed by atoms with Gasteiger partial charge in [0.1, 0.15) is 12.0 Å². The second-order valence-corrected chi connectivity index (χ2v) is 6.70. The molecule has 1 saturated heterocycles. The van der Waals surface area contributed by atoms with Gasteiger partial charge in [0.2, 0.25) is 5.71 Å². The van der Waals surface area contributed by atoms with Crippen LogP contribution in [0.15, 0.2) is 50.2 Å². The molecule has 0 bridgehead atoms. The normalized spacial score (nSPS) is 20.8. The third-order valence-corrected chi connectivity index (χ3v) is 4.69. The average Bonchev–Trinajstić information content (AvgIpc) is 3.20. The fraction of sp³-hybridized carbons (Fsp3) is 0.294. The first-order valence-electron chi connectivity index (χ1n) is 7.69. The van der Waals surface area contributed by atoms with Gasteiger partial charge in [-0.25, -0.2) is 4.79 Å². The largest absolute Gasteiger partial charge is 0.437 e. The van der Waals surface area contributed by atoms with E-state index in [0.717, 1.165) is 21.8 Å². The molecule has 1 fully saturated rings. The van der Waals surface area contributed by atoms with E-state index in [1.165, 1.54) is 4.57 Å². The molecule has 2 aromatic heterocycles. The first-order valence-corrected chi connectivity index (χ1v) is 8.48. The SMILES string of the molecule is O=c1nc2oc(-c3ccc(Br)cc3)cc2cn1[C@H]1CC[C@@H](CO)O1. The molecule has 1 aliphatic heterocycles. The standard InChI is InChI=1S/C17H15BrN2O4/c18-12-3-1-10(2-4-12)14-7-11-8-20(17(22)19-16(11)24-14)15-6-5-13(9-21)23-15/h1-4,7-8,13,15,21H,5-6,9H2/t13-,15+/m0/s1. The molecule has 1 N–H and O–H groups in total. The number of nitrogens with zero attached hydrogens (tertiary/aromatic N) is 2. The number of rotatable bonds is 3. The summed E-state index contributed by atoms with van der Waals surface area (Å²) in [7, 11) is 0. The number of hydrogen-bond acceptors (Lipinski definition) is 5. The van der Waals surface area contributed by atoms with E-state index < -0.39 is 11.9 Å². The minimum atomic E-state index is -0.414. The van der Waals surface area contributed by atoms with E-state index in [2.05, 4.69) is 20.9 Å². The molecule has 0 unspecified atom stereocenters. The Kier molecular flexibility index (Phi) is 3.99. The maximum atomic E-state index is 12.2. The number of furan rings is 1. The monoisotopic (exact) mass is 390 g/mol. The van der Waals surface area contributed by atoms with Crippen LogP contribution in [0.5, 0.6) is 0 Å². The summed E-state index contributed by atoms with van der Waals surface area (Å²) < 4.78 is 13.8. The lowest BCUT2D eigenvalue weighted by Gasteiger charge is -2.14. The van der Waals surface area contributed by atoms with Crippen molar-refractivity contribution in [1.29, 1.82) is 0 Å². The van der Waals surface area contributed by atoms with Crippen molar-refractivity contribution in [3.63, 3.8) is 0 Å². The Morgan fingerprint density at radius 1 is 1.29 bits per heavy atom. The first-order chi connectivity index (χ1) is 11.6. The minimum absolute atomic E-state index is 0.0413. The van der Waals surface area contributed by atoms with E-state index >= 15 is 0 Å². The molecule has 1 aliphatic rings. The Hall–Kier alpha value is -1.96. The number of benzene rings is 1. The van der Waals surface area contributed by atoms with Crippen molar-refractivity contribution in [2.75, 3.05) is 6.61 Å². The van der Waals surface area contributed by atoms with E-state index in [1.807, 2.05) is 30.3 Å². The predicted molar refractivity (Wildman–Crippen MR) is 91.6 cm³/mol. The predicted octanol–water partition coefficient (Wildman–Crippen LogP) is 3.09. The van der Waals surface area contributed by atoms with Crippen LogP contribution in [0.25, 0.3) is 22.4 Å². The molecule has 7 heteroatoms. The van der Waals surface area contributed by atoms with Crippen molar-refractivity contribution < 1.29 is 14.3 Å². The van der Waals surface area contributed by atoms with Gasteiger partial charge >= 0.3 is 5.69 Å². The summed E-state index contributed by atoms with van der Waals surface area (Å²) in [5.74, 6) is 0.655. The van der Waals surface area contributed by atoms with Crippen LogP contribution in [0.4, 0.5) is 0 Å². The first kappa shape index (κ1) is 15.6. The zero-order valence-corrected chi connectivity index (χ0v) is 14.3. The molecule has 4 rings (SSSR count). The van der Waals surface area contributed by atoms with Crippen molar-refractivity contribution in [3.05, 3.63) is 51.5 Å². The van der Waals surface area contributed by atoms with Crippen molar-refractivity contribution in [2.45, 2.75) is 25.2 Å². The van der Waals surface area contributed by atoms with Gasteiger partial charge in [-0.3, -0.25) is 4.57 Å². The van der Waals surface area contributed by atoms with E-state index in [0.29, 0.717) is 17.9 Å². The molecule has 124 valence electrons. The van der Waals surface area contributed by atoms with Crippen LogP contribution < -0.4 is 5.69 Å². The van der Waals surface area contributed by atoms with Crippen LogP contribution >= 0.6 is 15.9 Å².